The fraction of sp³-hybridized carbons (Fsp3) is 0.385. The summed E-state index contributed by atoms with van der Waals surface area (Å²) >= 11 is 5.93. The lowest BCUT2D eigenvalue weighted by Crippen LogP contribution is -2.43. The highest BCUT2D eigenvalue weighted by molar-refractivity contribution is 6.32. The smallest absolute Gasteiger partial charge is 0.329 e. The van der Waals surface area contributed by atoms with Crippen molar-refractivity contribution < 1.29 is 9.90 Å². The van der Waals surface area contributed by atoms with Crippen molar-refractivity contribution in [1.82, 2.24) is 0 Å². The number of nitrogens with one attached hydrogen (secondary N) is 1. The molecule has 1 saturated carbocycles. The maximum absolute atomic E-state index is 11.4. The van der Waals surface area contributed by atoms with Gasteiger partial charge >= 0.3 is 5.97 Å². The summed E-state index contributed by atoms with van der Waals surface area (Å²) in [5.74, 6) is -0.833. The first-order valence-electron chi connectivity index (χ1n) is 5.79. The van der Waals surface area contributed by atoms with Crippen LogP contribution in [0.25, 0.3) is 0 Å². The van der Waals surface area contributed by atoms with Crippen molar-refractivity contribution in [2.45, 2.75) is 31.2 Å². The number of nitrogens with zero attached hydrogens (tertiary/aromatic N) is 1. The Kier molecular flexibility index (Phi) is 3.44. The minimum absolute atomic E-state index is 0.334. The monoisotopic (exact) mass is 264 g/mol. The zero-order chi connectivity index (χ0) is 13.2. The number of carbonyl (C=O) groups is 1. The molecular formula is C13H13ClN2O2. The normalized spacial score (nSPS) is 17.1. The number of benzene rings is 1. The molecule has 0 spiro atoms. The van der Waals surface area contributed by atoms with Crippen molar-refractivity contribution in [2.75, 3.05) is 5.32 Å². The van der Waals surface area contributed by atoms with E-state index in [-0.39, 0.29) is 0 Å². The third-order valence-corrected chi connectivity index (χ3v) is 3.65. The van der Waals surface area contributed by atoms with Crippen molar-refractivity contribution in [3.63, 3.8) is 0 Å². The molecule has 94 valence electrons. The summed E-state index contributed by atoms with van der Waals surface area (Å²) in [4.78, 5) is 11.4. The van der Waals surface area contributed by atoms with Crippen LogP contribution in [0.1, 0.15) is 31.2 Å². The Morgan fingerprint density at radius 3 is 2.61 bits per heavy atom. The molecule has 18 heavy (non-hydrogen) atoms. The molecule has 2 rings (SSSR count). The summed E-state index contributed by atoms with van der Waals surface area (Å²) in [5.41, 5.74) is 0.138. The lowest BCUT2D eigenvalue weighted by molar-refractivity contribution is -0.142. The molecule has 0 aromatic heterocycles. The zero-order valence-corrected chi connectivity index (χ0v) is 10.5. The molecule has 0 atom stereocenters. The highest BCUT2D eigenvalue weighted by Gasteiger charge is 2.41. The molecule has 0 saturated heterocycles. The Morgan fingerprint density at radius 2 is 2.11 bits per heavy atom. The minimum Gasteiger partial charge on any atom is -0.480 e. The summed E-state index contributed by atoms with van der Waals surface area (Å²) < 4.78 is 0. The Hall–Kier alpha value is -1.73. The van der Waals surface area contributed by atoms with Gasteiger partial charge in [-0.05, 0) is 31.0 Å². The van der Waals surface area contributed by atoms with Crippen molar-refractivity contribution >= 4 is 23.3 Å². The highest BCUT2D eigenvalue weighted by atomic mass is 35.5. The maximum atomic E-state index is 11.4. The van der Waals surface area contributed by atoms with Gasteiger partial charge in [-0.25, -0.2) is 4.79 Å². The number of rotatable bonds is 3. The second-order valence-electron chi connectivity index (χ2n) is 4.53. The van der Waals surface area contributed by atoms with Gasteiger partial charge in [-0.15, -0.1) is 0 Å². The van der Waals surface area contributed by atoms with E-state index in [2.05, 4.69) is 5.32 Å². The van der Waals surface area contributed by atoms with Gasteiger partial charge in [0.2, 0.25) is 0 Å². The van der Waals surface area contributed by atoms with E-state index in [0.29, 0.717) is 29.1 Å². The Labute approximate surface area is 110 Å². The highest BCUT2D eigenvalue weighted by Crippen LogP contribution is 2.34. The fourth-order valence-electron chi connectivity index (χ4n) is 2.33. The van der Waals surface area contributed by atoms with E-state index in [1.165, 1.54) is 0 Å². The maximum Gasteiger partial charge on any atom is 0.329 e. The first kappa shape index (κ1) is 12.7. The summed E-state index contributed by atoms with van der Waals surface area (Å²) in [6, 6.07) is 6.85. The van der Waals surface area contributed by atoms with Crippen LogP contribution in [0.4, 0.5) is 5.69 Å². The second kappa shape index (κ2) is 4.87. The van der Waals surface area contributed by atoms with Gasteiger partial charge in [-0.3, -0.25) is 0 Å². The molecule has 4 nitrogen and oxygen atoms in total. The summed E-state index contributed by atoms with van der Waals surface area (Å²) in [6.45, 7) is 0. The van der Waals surface area contributed by atoms with E-state index in [1.807, 2.05) is 6.07 Å². The van der Waals surface area contributed by atoms with Crippen LogP contribution < -0.4 is 5.32 Å². The topological polar surface area (TPSA) is 73.1 Å². The first-order chi connectivity index (χ1) is 8.57. The molecule has 0 heterocycles. The van der Waals surface area contributed by atoms with Gasteiger partial charge in [0, 0.05) is 5.69 Å². The van der Waals surface area contributed by atoms with Gasteiger partial charge < -0.3 is 10.4 Å². The molecule has 1 aliphatic carbocycles. The largest absolute Gasteiger partial charge is 0.480 e. The van der Waals surface area contributed by atoms with E-state index in [4.69, 9.17) is 16.9 Å². The van der Waals surface area contributed by atoms with Crippen LogP contribution in [-0.4, -0.2) is 16.6 Å². The van der Waals surface area contributed by atoms with Crippen molar-refractivity contribution in [2.24, 2.45) is 0 Å². The van der Waals surface area contributed by atoms with Gasteiger partial charge in [0.1, 0.15) is 11.6 Å². The molecule has 5 heteroatoms. The number of anilines is 1. The molecule has 0 radical (unpaired) electrons. The van der Waals surface area contributed by atoms with Crippen LogP contribution in [0.2, 0.25) is 5.02 Å². The van der Waals surface area contributed by atoms with Gasteiger partial charge in [0.25, 0.3) is 0 Å². The van der Waals surface area contributed by atoms with Gasteiger partial charge in [0.15, 0.2) is 0 Å². The predicted octanol–water partition coefficient (Wildman–Crippen LogP) is 3.02. The molecule has 1 aromatic rings. The van der Waals surface area contributed by atoms with Gasteiger partial charge in [0.05, 0.1) is 10.6 Å². The summed E-state index contributed by atoms with van der Waals surface area (Å²) in [7, 11) is 0. The molecule has 2 N–H and O–H groups in total. The fourth-order valence-corrected chi connectivity index (χ4v) is 2.55. The quantitative estimate of drug-likeness (QED) is 0.880. The second-order valence-corrected chi connectivity index (χ2v) is 4.93. The zero-order valence-electron chi connectivity index (χ0n) is 9.74. The van der Waals surface area contributed by atoms with E-state index < -0.39 is 11.5 Å². The molecule has 0 amide bonds. The van der Waals surface area contributed by atoms with Crippen LogP contribution in [0.3, 0.4) is 0 Å². The van der Waals surface area contributed by atoms with Crippen LogP contribution in [0, 0.1) is 11.3 Å². The van der Waals surface area contributed by atoms with Gasteiger partial charge in [-0.2, -0.15) is 5.26 Å². The lowest BCUT2D eigenvalue weighted by atomic mass is 9.97. The molecule has 1 fully saturated rings. The third kappa shape index (κ3) is 2.27. The van der Waals surface area contributed by atoms with E-state index in [1.54, 1.807) is 18.2 Å². The minimum atomic E-state index is -0.891. The molecule has 1 aromatic carbocycles. The standard InChI is InChI=1S/C13H13ClN2O2/c14-11-7-10(4-3-9(11)8-15)16-13(12(17)18)5-1-2-6-13/h3-4,7,16H,1-2,5-6H2,(H,17,18). The molecular weight excluding hydrogens is 252 g/mol. The van der Waals surface area contributed by atoms with Gasteiger partial charge in [-0.1, -0.05) is 24.4 Å². The number of carboxylic acid groups (broad SMARTS) is 1. The van der Waals surface area contributed by atoms with Crippen LogP contribution in [-0.2, 0) is 4.79 Å². The number of aliphatic carboxylic acids is 1. The molecule has 1 aliphatic rings. The average Bonchev–Trinajstić information content (AvgIpc) is 2.79. The Morgan fingerprint density at radius 1 is 1.44 bits per heavy atom. The number of carboxylic acids is 1. The Balaban J connectivity index is 2.25. The van der Waals surface area contributed by atoms with Crippen LogP contribution in [0.5, 0.6) is 0 Å². The van der Waals surface area contributed by atoms with Crippen molar-refractivity contribution in [3.05, 3.63) is 28.8 Å². The van der Waals surface area contributed by atoms with Crippen LogP contribution in [0.15, 0.2) is 18.2 Å². The molecule has 0 aliphatic heterocycles. The van der Waals surface area contributed by atoms with Crippen LogP contribution >= 0.6 is 11.6 Å². The number of hydrogen-bond acceptors (Lipinski definition) is 3. The molecule has 0 unspecified atom stereocenters. The average molecular weight is 265 g/mol. The lowest BCUT2D eigenvalue weighted by Gasteiger charge is -2.26. The van der Waals surface area contributed by atoms with E-state index in [0.717, 1.165) is 12.8 Å². The summed E-state index contributed by atoms with van der Waals surface area (Å²) in [5, 5.41) is 21.5. The van der Waals surface area contributed by atoms with E-state index >= 15 is 0 Å². The Bertz CT molecular complexity index is 516. The number of nitriles is 1. The number of halogens is 1. The summed E-state index contributed by atoms with van der Waals surface area (Å²) in [6.07, 6.45) is 3.03. The van der Waals surface area contributed by atoms with Crippen molar-refractivity contribution in [3.8, 4) is 6.07 Å². The van der Waals surface area contributed by atoms with Crippen molar-refractivity contribution in [1.29, 1.82) is 5.26 Å². The van der Waals surface area contributed by atoms with E-state index in [9.17, 15) is 9.90 Å². The third-order valence-electron chi connectivity index (χ3n) is 3.34. The SMILES string of the molecule is N#Cc1ccc(NC2(C(=O)O)CCCC2)cc1Cl. The molecule has 0 bridgehead atoms. The number of hydrogen-bond donors (Lipinski definition) is 2. The predicted molar refractivity (Wildman–Crippen MR) is 68.6 cm³/mol. The first-order valence-corrected chi connectivity index (χ1v) is 6.16.